The molecule has 0 fully saturated rings. The van der Waals surface area contributed by atoms with E-state index in [0.29, 0.717) is 11.0 Å². The fraction of sp³-hybridized carbons (Fsp3) is 0.429. The molecule has 2 aromatic rings. The Morgan fingerprint density at radius 2 is 1.88 bits per heavy atom. The van der Waals surface area contributed by atoms with Gasteiger partial charge in [-0.1, -0.05) is 38.1 Å². The lowest BCUT2D eigenvalue weighted by Gasteiger charge is -2.20. The molecule has 0 N–H and O–H groups in total. The van der Waals surface area contributed by atoms with Crippen LogP contribution in [0.3, 0.4) is 0 Å². The average Bonchev–Trinajstić information content (AvgIpc) is 2.78. The largest absolute Gasteiger partial charge is 0.534 e. The van der Waals surface area contributed by atoms with Crippen molar-refractivity contribution in [2.75, 3.05) is 0 Å². The van der Waals surface area contributed by atoms with Gasteiger partial charge in [-0.05, 0) is 17.5 Å². The second-order valence-electron chi connectivity index (χ2n) is 6.34. The van der Waals surface area contributed by atoms with Crippen molar-refractivity contribution in [2.45, 2.75) is 32.7 Å². The maximum atomic E-state index is 12.6. The first-order chi connectivity index (χ1) is 10.9. The van der Waals surface area contributed by atoms with Gasteiger partial charge in [-0.2, -0.15) is 21.6 Å². The van der Waals surface area contributed by atoms with E-state index in [1.807, 2.05) is 0 Å². The molecule has 0 bridgehead atoms. The first kappa shape index (κ1) is 18.2. The molecule has 0 amide bonds. The van der Waals surface area contributed by atoms with Crippen molar-refractivity contribution in [3.05, 3.63) is 30.0 Å². The van der Waals surface area contributed by atoms with Crippen molar-refractivity contribution in [1.29, 1.82) is 0 Å². The van der Waals surface area contributed by atoms with Crippen LogP contribution in [0.25, 0.3) is 17.2 Å². The number of aromatic nitrogens is 3. The minimum atomic E-state index is -5.76. The maximum absolute atomic E-state index is 12.6. The van der Waals surface area contributed by atoms with Gasteiger partial charge in [-0.25, -0.2) is 4.68 Å². The predicted molar refractivity (Wildman–Crippen MR) is 81.9 cm³/mol. The number of hydrogen-bond acceptors (Lipinski definition) is 5. The van der Waals surface area contributed by atoms with Crippen LogP contribution in [0.5, 0.6) is 0 Å². The van der Waals surface area contributed by atoms with Gasteiger partial charge in [0.05, 0.1) is 11.7 Å². The molecule has 0 saturated carbocycles. The van der Waals surface area contributed by atoms with Gasteiger partial charge in [-0.3, -0.25) is 0 Å². The van der Waals surface area contributed by atoms with Crippen LogP contribution < -0.4 is 0 Å². The molecule has 6 nitrogen and oxygen atoms in total. The molecule has 0 aliphatic carbocycles. The second-order valence-corrected chi connectivity index (χ2v) is 7.88. The van der Waals surface area contributed by atoms with E-state index in [0.717, 1.165) is 6.20 Å². The van der Waals surface area contributed by atoms with Crippen LogP contribution in [0.2, 0.25) is 0 Å². The lowest BCUT2D eigenvalue weighted by Crippen LogP contribution is -2.26. The number of para-hydroxylation sites is 1. The molecule has 0 unspecified atom stereocenters. The third kappa shape index (κ3) is 4.25. The van der Waals surface area contributed by atoms with E-state index in [4.69, 9.17) is 0 Å². The van der Waals surface area contributed by atoms with Gasteiger partial charge in [0, 0.05) is 6.42 Å². The van der Waals surface area contributed by atoms with Crippen molar-refractivity contribution in [1.82, 2.24) is 15.0 Å². The number of nitrogens with zero attached hydrogens (tertiary/aromatic N) is 3. The Bertz CT molecular complexity index is 864. The van der Waals surface area contributed by atoms with Gasteiger partial charge in [0.15, 0.2) is 0 Å². The van der Waals surface area contributed by atoms with E-state index >= 15 is 0 Å². The monoisotopic (exact) mass is 363 g/mol. The Morgan fingerprint density at radius 1 is 1.25 bits per heavy atom. The SMILES string of the molecule is CC(C)(C)CC(=Cn1nnc2ccccc21)OS(=O)(=O)C(F)(F)F. The zero-order chi connectivity index (χ0) is 18.2. The van der Waals surface area contributed by atoms with Gasteiger partial charge in [-0.15, -0.1) is 5.10 Å². The Kier molecular flexibility index (Phi) is 4.62. The highest BCUT2D eigenvalue weighted by Gasteiger charge is 2.49. The first-order valence-corrected chi connectivity index (χ1v) is 8.31. The Morgan fingerprint density at radius 3 is 2.46 bits per heavy atom. The Hall–Kier alpha value is -2.10. The number of hydrogen-bond donors (Lipinski definition) is 0. The van der Waals surface area contributed by atoms with Gasteiger partial charge in [0.1, 0.15) is 11.3 Å². The number of rotatable bonds is 4. The van der Waals surface area contributed by atoms with Crippen LogP contribution in [0.15, 0.2) is 30.0 Å². The van der Waals surface area contributed by atoms with Crippen LogP contribution in [-0.2, 0) is 14.3 Å². The Balaban J connectivity index is 2.47. The first-order valence-electron chi connectivity index (χ1n) is 6.90. The highest BCUT2D eigenvalue weighted by Crippen LogP contribution is 2.32. The third-order valence-electron chi connectivity index (χ3n) is 2.85. The van der Waals surface area contributed by atoms with Gasteiger partial charge < -0.3 is 4.18 Å². The standard InChI is InChI=1S/C14H16F3N3O3S/c1-13(2,3)8-10(23-24(21,22)14(15,16)17)9-20-12-7-5-4-6-11(12)18-19-20/h4-7,9H,8H2,1-3H3. The number of benzene rings is 1. The smallest absolute Gasteiger partial charge is 0.379 e. The molecule has 24 heavy (non-hydrogen) atoms. The summed E-state index contributed by atoms with van der Waals surface area (Å²) >= 11 is 0. The van der Waals surface area contributed by atoms with Crippen molar-refractivity contribution in [3.63, 3.8) is 0 Å². The fourth-order valence-electron chi connectivity index (χ4n) is 1.93. The summed E-state index contributed by atoms with van der Waals surface area (Å²) in [6, 6.07) is 6.75. The zero-order valence-electron chi connectivity index (χ0n) is 13.2. The van der Waals surface area contributed by atoms with Crippen molar-refractivity contribution >= 4 is 27.4 Å². The molecule has 0 aliphatic rings. The van der Waals surface area contributed by atoms with Crippen molar-refractivity contribution < 1.29 is 25.8 Å². The summed E-state index contributed by atoms with van der Waals surface area (Å²) in [7, 11) is -5.76. The number of allylic oxidation sites excluding steroid dienone is 1. The second kappa shape index (κ2) is 6.08. The van der Waals surface area contributed by atoms with E-state index in [-0.39, 0.29) is 12.2 Å². The molecular weight excluding hydrogens is 347 g/mol. The van der Waals surface area contributed by atoms with Crippen molar-refractivity contribution in [3.8, 4) is 0 Å². The number of fused-ring (bicyclic) bond motifs is 1. The van der Waals surface area contributed by atoms with Crippen molar-refractivity contribution in [2.24, 2.45) is 5.41 Å². The predicted octanol–water partition coefficient (Wildman–Crippen LogP) is 3.53. The van der Waals surface area contributed by atoms with Crippen LogP contribution in [0.1, 0.15) is 27.2 Å². The molecule has 1 aromatic heterocycles. The lowest BCUT2D eigenvalue weighted by atomic mass is 9.91. The van der Waals surface area contributed by atoms with E-state index in [1.54, 1.807) is 45.0 Å². The minimum absolute atomic E-state index is 0.0451. The molecule has 132 valence electrons. The topological polar surface area (TPSA) is 74.1 Å². The number of halogens is 3. The molecule has 0 atom stereocenters. The molecule has 0 spiro atoms. The zero-order valence-corrected chi connectivity index (χ0v) is 14.0. The summed E-state index contributed by atoms with van der Waals surface area (Å²) in [5.41, 5.74) is -4.99. The third-order valence-corrected chi connectivity index (χ3v) is 3.85. The van der Waals surface area contributed by atoms with E-state index in [2.05, 4.69) is 14.5 Å². The summed E-state index contributed by atoms with van der Waals surface area (Å²) in [6.45, 7) is 5.22. The number of alkyl halides is 3. The summed E-state index contributed by atoms with van der Waals surface area (Å²) in [4.78, 5) is 0. The van der Waals surface area contributed by atoms with Crippen LogP contribution >= 0.6 is 0 Å². The van der Waals surface area contributed by atoms with E-state index in [1.165, 1.54) is 4.68 Å². The van der Waals surface area contributed by atoms with E-state index in [9.17, 15) is 21.6 Å². The molecule has 1 aromatic carbocycles. The highest BCUT2D eigenvalue weighted by atomic mass is 32.2. The fourth-order valence-corrected chi connectivity index (χ4v) is 2.40. The quantitative estimate of drug-likeness (QED) is 0.472. The minimum Gasteiger partial charge on any atom is -0.379 e. The molecule has 1 heterocycles. The summed E-state index contributed by atoms with van der Waals surface area (Å²) in [6.07, 6.45) is 1.06. The molecule has 0 radical (unpaired) electrons. The molecule has 0 saturated heterocycles. The van der Waals surface area contributed by atoms with Gasteiger partial charge >= 0.3 is 15.6 Å². The highest BCUT2D eigenvalue weighted by molar-refractivity contribution is 7.87. The Labute approximate surface area is 137 Å². The molecular formula is C14H16F3N3O3S. The normalized spacial score (nSPS) is 14.2. The average molecular weight is 363 g/mol. The summed E-state index contributed by atoms with van der Waals surface area (Å²) in [5, 5.41) is 7.65. The van der Waals surface area contributed by atoms with Gasteiger partial charge in [0.25, 0.3) is 0 Å². The molecule has 10 heteroatoms. The van der Waals surface area contributed by atoms with Gasteiger partial charge in [0.2, 0.25) is 0 Å². The molecule has 2 rings (SSSR count). The lowest BCUT2D eigenvalue weighted by molar-refractivity contribution is -0.0525. The summed E-state index contributed by atoms with van der Waals surface area (Å²) < 4.78 is 65.9. The van der Waals surface area contributed by atoms with Crippen LogP contribution in [0.4, 0.5) is 13.2 Å². The maximum Gasteiger partial charge on any atom is 0.534 e. The molecule has 0 aliphatic heterocycles. The van der Waals surface area contributed by atoms with E-state index < -0.39 is 21.0 Å². The van der Waals surface area contributed by atoms with Crippen LogP contribution in [0, 0.1) is 5.41 Å². The van der Waals surface area contributed by atoms with Crippen LogP contribution in [-0.4, -0.2) is 28.9 Å². The summed E-state index contributed by atoms with van der Waals surface area (Å²) in [5.74, 6) is -0.379.